The standard InChI is InChI=1S/C12H17N5O4S2/c1-21-4-2-3-17-8-14-16-10(17)6-15-23(19,20)11-5-9(7-22-11)12(13)18/h5,7-8,15H,2-4,6H2,1H3,(H2,13,18). The van der Waals surface area contributed by atoms with Crippen LogP contribution >= 0.6 is 11.3 Å². The van der Waals surface area contributed by atoms with Gasteiger partial charge in [0.25, 0.3) is 0 Å². The number of carbonyl (C=O) groups is 1. The number of aryl methyl sites for hydroxylation is 1. The van der Waals surface area contributed by atoms with Gasteiger partial charge in [0.15, 0.2) is 0 Å². The maximum absolute atomic E-state index is 12.2. The number of aromatic nitrogens is 3. The molecule has 3 N–H and O–H groups in total. The molecule has 0 aliphatic heterocycles. The molecule has 0 aliphatic carbocycles. The zero-order chi connectivity index (χ0) is 16.9. The topological polar surface area (TPSA) is 129 Å². The van der Waals surface area contributed by atoms with Gasteiger partial charge in [0.05, 0.1) is 12.1 Å². The third kappa shape index (κ3) is 4.58. The Kier molecular flexibility index (Phi) is 5.82. The Morgan fingerprint density at radius 2 is 2.30 bits per heavy atom. The largest absolute Gasteiger partial charge is 0.385 e. The number of methoxy groups -OCH3 is 1. The fraction of sp³-hybridized carbons (Fsp3) is 0.417. The van der Waals surface area contributed by atoms with Crippen molar-refractivity contribution in [2.75, 3.05) is 13.7 Å². The number of hydrogen-bond acceptors (Lipinski definition) is 7. The van der Waals surface area contributed by atoms with E-state index in [1.807, 2.05) is 0 Å². The Labute approximate surface area is 137 Å². The second-order valence-corrected chi connectivity index (χ2v) is 7.54. The van der Waals surface area contributed by atoms with Gasteiger partial charge in [-0.15, -0.1) is 21.5 Å². The number of amides is 1. The number of nitrogens with zero attached hydrogens (tertiary/aromatic N) is 3. The molecule has 0 fully saturated rings. The zero-order valence-corrected chi connectivity index (χ0v) is 14.1. The Balaban J connectivity index is 2.02. The lowest BCUT2D eigenvalue weighted by molar-refractivity contribution is 0.100. The molecule has 0 bridgehead atoms. The fourth-order valence-electron chi connectivity index (χ4n) is 1.80. The third-order valence-corrected chi connectivity index (χ3v) is 5.83. The first kappa shape index (κ1) is 17.5. The molecule has 0 saturated carbocycles. The van der Waals surface area contributed by atoms with E-state index in [-0.39, 0.29) is 16.3 Å². The Hall–Kier alpha value is -1.82. The van der Waals surface area contributed by atoms with E-state index in [0.29, 0.717) is 19.0 Å². The molecule has 1 amide bonds. The minimum absolute atomic E-state index is 0.000873. The summed E-state index contributed by atoms with van der Waals surface area (Å²) in [5.74, 6) is -0.169. The van der Waals surface area contributed by atoms with Crippen LogP contribution in [0.1, 0.15) is 22.6 Å². The quantitative estimate of drug-likeness (QED) is 0.604. The molecule has 11 heteroatoms. The highest BCUT2D eigenvalue weighted by Gasteiger charge is 2.19. The molecule has 2 aromatic heterocycles. The molecule has 0 aromatic carbocycles. The minimum atomic E-state index is -3.74. The molecule has 0 saturated heterocycles. The molecule has 126 valence electrons. The Morgan fingerprint density at radius 1 is 1.52 bits per heavy atom. The minimum Gasteiger partial charge on any atom is -0.385 e. The van der Waals surface area contributed by atoms with Crippen molar-refractivity contribution in [2.45, 2.75) is 23.7 Å². The lowest BCUT2D eigenvalue weighted by atomic mass is 10.3. The van der Waals surface area contributed by atoms with Crippen LogP contribution in [-0.2, 0) is 27.8 Å². The molecular weight excluding hydrogens is 342 g/mol. The number of ether oxygens (including phenoxy) is 1. The van der Waals surface area contributed by atoms with Gasteiger partial charge in [0, 0.05) is 25.6 Å². The number of thiophene rings is 1. The van der Waals surface area contributed by atoms with E-state index in [1.54, 1.807) is 11.7 Å². The third-order valence-electron chi connectivity index (χ3n) is 2.99. The van der Waals surface area contributed by atoms with Gasteiger partial charge in [-0.05, 0) is 12.5 Å². The van der Waals surface area contributed by atoms with Crippen molar-refractivity contribution in [2.24, 2.45) is 5.73 Å². The number of hydrogen-bond donors (Lipinski definition) is 2. The molecule has 9 nitrogen and oxygen atoms in total. The highest BCUT2D eigenvalue weighted by atomic mass is 32.2. The normalized spacial score (nSPS) is 11.7. The first-order chi connectivity index (χ1) is 10.9. The van der Waals surface area contributed by atoms with Crippen LogP contribution in [0.4, 0.5) is 0 Å². The smallest absolute Gasteiger partial charge is 0.250 e. The molecule has 0 radical (unpaired) electrons. The van der Waals surface area contributed by atoms with Crippen LogP contribution in [0, 0.1) is 0 Å². The number of nitrogens with one attached hydrogen (secondary N) is 1. The van der Waals surface area contributed by atoms with Gasteiger partial charge in [-0.1, -0.05) is 0 Å². The fourth-order valence-corrected chi connectivity index (χ4v) is 3.99. The van der Waals surface area contributed by atoms with Gasteiger partial charge in [-0.25, -0.2) is 13.1 Å². The SMILES string of the molecule is COCCCn1cnnc1CNS(=O)(=O)c1cc(C(N)=O)cs1. The van der Waals surface area contributed by atoms with Gasteiger partial charge in [-0.3, -0.25) is 4.79 Å². The number of sulfonamides is 1. The average molecular weight is 359 g/mol. The number of nitrogens with two attached hydrogens (primary N) is 1. The van der Waals surface area contributed by atoms with Crippen molar-refractivity contribution in [3.8, 4) is 0 Å². The van der Waals surface area contributed by atoms with Gasteiger partial charge in [0.2, 0.25) is 15.9 Å². The van der Waals surface area contributed by atoms with Crippen LogP contribution in [0.2, 0.25) is 0 Å². The summed E-state index contributed by atoms with van der Waals surface area (Å²) in [6.07, 6.45) is 2.30. The summed E-state index contributed by atoms with van der Waals surface area (Å²) in [6, 6.07) is 1.25. The Bertz CT molecular complexity index is 768. The van der Waals surface area contributed by atoms with Crippen molar-refractivity contribution in [1.82, 2.24) is 19.5 Å². The van der Waals surface area contributed by atoms with E-state index in [9.17, 15) is 13.2 Å². The highest BCUT2D eigenvalue weighted by Crippen LogP contribution is 2.19. The van der Waals surface area contributed by atoms with Crippen molar-refractivity contribution in [1.29, 1.82) is 0 Å². The summed E-state index contributed by atoms with van der Waals surface area (Å²) in [5.41, 5.74) is 5.28. The predicted octanol–water partition coefficient (Wildman–Crippen LogP) is -0.0465. The monoisotopic (exact) mass is 359 g/mol. The van der Waals surface area contributed by atoms with E-state index >= 15 is 0 Å². The molecule has 2 rings (SSSR count). The summed E-state index contributed by atoms with van der Waals surface area (Å²) in [5, 5.41) is 9.09. The van der Waals surface area contributed by atoms with Crippen molar-refractivity contribution in [3.05, 3.63) is 29.2 Å². The molecule has 0 spiro atoms. The molecule has 23 heavy (non-hydrogen) atoms. The second-order valence-electron chi connectivity index (χ2n) is 4.63. The van der Waals surface area contributed by atoms with Crippen LogP contribution in [0.25, 0.3) is 0 Å². The number of primary amides is 1. The number of rotatable bonds is 9. The van der Waals surface area contributed by atoms with Crippen LogP contribution in [0.15, 0.2) is 22.0 Å². The summed E-state index contributed by atoms with van der Waals surface area (Å²) in [6.45, 7) is 1.22. The zero-order valence-electron chi connectivity index (χ0n) is 12.4. The number of carbonyl (C=O) groups excluding carboxylic acids is 1. The van der Waals surface area contributed by atoms with Gasteiger partial charge >= 0.3 is 0 Å². The maximum Gasteiger partial charge on any atom is 0.250 e. The summed E-state index contributed by atoms with van der Waals surface area (Å²) in [7, 11) is -2.12. The predicted molar refractivity (Wildman–Crippen MR) is 83.4 cm³/mol. The summed E-state index contributed by atoms with van der Waals surface area (Å²) in [4.78, 5) is 11.0. The van der Waals surface area contributed by atoms with Crippen LogP contribution in [0.3, 0.4) is 0 Å². The second kappa shape index (κ2) is 7.64. The van der Waals surface area contributed by atoms with Gasteiger partial charge in [-0.2, -0.15) is 0 Å². The van der Waals surface area contributed by atoms with Gasteiger partial charge < -0.3 is 15.0 Å². The highest BCUT2D eigenvalue weighted by molar-refractivity contribution is 7.91. The lowest BCUT2D eigenvalue weighted by Gasteiger charge is -2.07. The van der Waals surface area contributed by atoms with E-state index in [4.69, 9.17) is 10.5 Å². The van der Waals surface area contributed by atoms with Crippen molar-refractivity contribution in [3.63, 3.8) is 0 Å². The summed E-state index contributed by atoms with van der Waals surface area (Å²) >= 11 is 0.932. The molecule has 0 unspecified atom stereocenters. The molecule has 0 atom stereocenters. The molecule has 2 aromatic rings. The molecule has 0 aliphatic rings. The van der Waals surface area contributed by atoms with Crippen LogP contribution in [0.5, 0.6) is 0 Å². The van der Waals surface area contributed by atoms with E-state index in [2.05, 4.69) is 14.9 Å². The first-order valence-electron chi connectivity index (χ1n) is 6.67. The lowest BCUT2D eigenvalue weighted by Crippen LogP contribution is -2.24. The summed E-state index contributed by atoms with van der Waals surface area (Å²) < 4.78 is 33.6. The Morgan fingerprint density at radius 3 is 2.96 bits per heavy atom. The first-order valence-corrected chi connectivity index (χ1v) is 9.04. The molecule has 2 heterocycles. The van der Waals surface area contributed by atoms with E-state index in [0.717, 1.165) is 17.8 Å². The molecular formula is C12H17N5O4S2. The van der Waals surface area contributed by atoms with Gasteiger partial charge in [0.1, 0.15) is 16.4 Å². The average Bonchev–Trinajstić information content (AvgIpc) is 3.15. The maximum atomic E-state index is 12.2. The van der Waals surface area contributed by atoms with Crippen LogP contribution < -0.4 is 10.5 Å². The van der Waals surface area contributed by atoms with Crippen LogP contribution in [-0.4, -0.2) is 42.8 Å². The van der Waals surface area contributed by atoms with E-state index in [1.165, 1.54) is 17.8 Å². The van der Waals surface area contributed by atoms with Crippen molar-refractivity contribution < 1.29 is 17.9 Å². The van der Waals surface area contributed by atoms with Crippen molar-refractivity contribution >= 4 is 27.3 Å². The van der Waals surface area contributed by atoms with E-state index < -0.39 is 15.9 Å².